The Morgan fingerprint density at radius 2 is 1.32 bits per heavy atom. The lowest BCUT2D eigenvalue weighted by atomic mass is 10.00. The average molecular weight is 456 g/mol. The van der Waals surface area contributed by atoms with E-state index in [2.05, 4.69) is 126 Å². The van der Waals surface area contributed by atoms with Gasteiger partial charge in [0.15, 0.2) is 0 Å². The number of thiophene rings is 1. The Bertz CT molecular complexity index is 1830. The molecule has 3 heteroatoms. The minimum absolute atomic E-state index is 1.21. The molecule has 0 radical (unpaired) electrons. The van der Waals surface area contributed by atoms with Crippen molar-refractivity contribution < 1.29 is 4.57 Å². The first-order valence-electron chi connectivity index (χ1n) is 11.6. The van der Waals surface area contributed by atoms with Crippen LogP contribution in [0.3, 0.4) is 0 Å². The van der Waals surface area contributed by atoms with E-state index >= 15 is 0 Å². The summed E-state index contributed by atoms with van der Waals surface area (Å²) in [5.41, 5.74) is 8.74. The quantitative estimate of drug-likeness (QED) is 0.234. The molecule has 7 rings (SSSR count). The number of rotatable bonds is 2. The second-order valence-corrected chi connectivity index (χ2v) is 9.88. The molecule has 0 unspecified atom stereocenters. The Morgan fingerprint density at radius 1 is 0.676 bits per heavy atom. The molecule has 0 aliphatic heterocycles. The normalized spacial score (nSPS) is 11.8. The van der Waals surface area contributed by atoms with Crippen molar-refractivity contribution in [2.75, 3.05) is 0 Å². The Hall–Kier alpha value is -3.95. The molecule has 0 aliphatic carbocycles. The summed E-state index contributed by atoms with van der Waals surface area (Å²) in [4.78, 5) is 0. The lowest BCUT2D eigenvalue weighted by Gasteiger charge is -2.14. The number of hydrogen-bond donors (Lipinski definition) is 0. The molecule has 4 aromatic carbocycles. The molecule has 0 spiro atoms. The van der Waals surface area contributed by atoms with Crippen LogP contribution in [0.4, 0.5) is 0 Å². The van der Waals surface area contributed by atoms with Crippen molar-refractivity contribution in [3.63, 3.8) is 0 Å². The SMILES string of the molecule is Cc1c(-c2cc(-n3c4ccccc4c4ccccc43)c3ccccc3[n+]2C)ccc2sccc12. The van der Waals surface area contributed by atoms with E-state index in [4.69, 9.17) is 0 Å². The number of para-hydroxylation sites is 3. The summed E-state index contributed by atoms with van der Waals surface area (Å²) in [6.45, 7) is 2.25. The van der Waals surface area contributed by atoms with Crippen LogP contribution in [0.15, 0.2) is 102 Å². The fourth-order valence-electron chi connectivity index (χ4n) is 5.51. The summed E-state index contributed by atoms with van der Waals surface area (Å²) < 4.78 is 6.12. The van der Waals surface area contributed by atoms with Crippen LogP contribution in [0.2, 0.25) is 0 Å². The van der Waals surface area contributed by atoms with Gasteiger partial charge in [-0.1, -0.05) is 48.5 Å². The zero-order valence-corrected chi connectivity index (χ0v) is 19.9. The van der Waals surface area contributed by atoms with Crippen LogP contribution in [0, 0.1) is 6.92 Å². The minimum atomic E-state index is 1.21. The average Bonchev–Trinajstić information content (AvgIpc) is 3.49. The van der Waals surface area contributed by atoms with E-state index in [1.165, 1.54) is 65.3 Å². The molecule has 0 aliphatic rings. The maximum Gasteiger partial charge on any atom is 0.215 e. The van der Waals surface area contributed by atoms with E-state index in [9.17, 15) is 0 Å². The summed E-state index contributed by atoms with van der Waals surface area (Å²) in [6, 6.07) is 35.4. The molecule has 3 heterocycles. The van der Waals surface area contributed by atoms with Crippen molar-refractivity contribution in [2.45, 2.75) is 6.92 Å². The Balaban J connectivity index is 1.65. The molecule has 0 atom stereocenters. The fraction of sp³-hybridized carbons (Fsp3) is 0.0645. The highest BCUT2D eigenvalue weighted by molar-refractivity contribution is 7.17. The molecule has 7 aromatic rings. The largest absolute Gasteiger partial charge is 0.308 e. The third kappa shape index (κ3) is 2.65. The van der Waals surface area contributed by atoms with Gasteiger partial charge in [-0.15, -0.1) is 11.3 Å². The van der Waals surface area contributed by atoms with Gasteiger partial charge >= 0.3 is 0 Å². The van der Waals surface area contributed by atoms with Crippen molar-refractivity contribution in [1.82, 2.24) is 4.57 Å². The predicted molar refractivity (Wildman–Crippen MR) is 145 cm³/mol. The molecule has 34 heavy (non-hydrogen) atoms. The van der Waals surface area contributed by atoms with Crippen molar-refractivity contribution in [2.24, 2.45) is 7.05 Å². The van der Waals surface area contributed by atoms with Crippen molar-refractivity contribution >= 4 is 54.1 Å². The molecule has 0 N–H and O–H groups in total. The van der Waals surface area contributed by atoms with Crippen LogP contribution in [-0.4, -0.2) is 4.57 Å². The van der Waals surface area contributed by atoms with E-state index in [1.807, 2.05) is 0 Å². The highest BCUT2D eigenvalue weighted by atomic mass is 32.1. The van der Waals surface area contributed by atoms with Crippen molar-refractivity contribution in [3.05, 3.63) is 108 Å². The van der Waals surface area contributed by atoms with Crippen LogP contribution in [0.5, 0.6) is 0 Å². The molecule has 0 saturated heterocycles. The highest BCUT2D eigenvalue weighted by Crippen LogP contribution is 2.37. The molecule has 0 amide bonds. The molecule has 3 aromatic heterocycles. The third-order valence-electron chi connectivity index (χ3n) is 7.18. The molecular formula is C31H23N2S+. The minimum Gasteiger partial charge on any atom is -0.308 e. The Labute approximate surface area is 201 Å². The fourth-order valence-corrected chi connectivity index (χ4v) is 6.35. The summed E-state index contributed by atoms with van der Waals surface area (Å²) in [6.07, 6.45) is 0. The number of aromatic nitrogens is 2. The van der Waals surface area contributed by atoms with Gasteiger partial charge in [0.25, 0.3) is 0 Å². The standard InChI is InChI=1S/C31H23N2S/c1-20-21(15-16-31-22(20)17-18-34-31)29-19-30(25-11-5-6-12-26(25)32(29)2)33-27-13-7-3-9-23(27)24-10-4-8-14-28(24)33/h3-19H,1-2H3/q+1. The first-order valence-corrected chi connectivity index (χ1v) is 12.5. The number of benzene rings is 4. The van der Waals surface area contributed by atoms with Gasteiger partial charge in [-0.2, -0.15) is 4.57 Å². The molecule has 162 valence electrons. The number of pyridine rings is 1. The zero-order chi connectivity index (χ0) is 22.8. The second-order valence-electron chi connectivity index (χ2n) is 8.93. The van der Waals surface area contributed by atoms with Gasteiger partial charge in [0.1, 0.15) is 7.05 Å². The van der Waals surface area contributed by atoms with Crippen molar-refractivity contribution in [1.29, 1.82) is 0 Å². The maximum absolute atomic E-state index is 2.44. The first-order chi connectivity index (χ1) is 16.7. The van der Waals surface area contributed by atoms with Gasteiger partial charge in [0.2, 0.25) is 11.2 Å². The van der Waals surface area contributed by atoms with Gasteiger partial charge in [-0.05, 0) is 59.7 Å². The number of fused-ring (bicyclic) bond motifs is 5. The summed E-state index contributed by atoms with van der Waals surface area (Å²) in [5.74, 6) is 0. The van der Waals surface area contributed by atoms with Crippen molar-refractivity contribution in [3.8, 4) is 16.9 Å². The van der Waals surface area contributed by atoms with E-state index in [-0.39, 0.29) is 0 Å². The lowest BCUT2D eigenvalue weighted by molar-refractivity contribution is -0.633. The topological polar surface area (TPSA) is 8.81 Å². The molecular weight excluding hydrogens is 432 g/mol. The zero-order valence-electron chi connectivity index (χ0n) is 19.1. The van der Waals surface area contributed by atoms with E-state index in [0.717, 1.165) is 0 Å². The van der Waals surface area contributed by atoms with E-state index in [0.29, 0.717) is 0 Å². The second kappa shape index (κ2) is 7.28. The molecule has 2 nitrogen and oxygen atoms in total. The summed E-state index contributed by atoms with van der Waals surface area (Å²) in [5, 5.41) is 7.34. The Kier molecular flexibility index (Phi) is 4.18. The third-order valence-corrected chi connectivity index (χ3v) is 8.06. The molecule has 0 saturated carbocycles. The van der Waals surface area contributed by atoms with Gasteiger partial charge in [-0.3, -0.25) is 0 Å². The summed E-state index contributed by atoms with van der Waals surface area (Å²) >= 11 is 1.81. The van der Waals surface area contributed by atoms with Gasteiger partial charge < -0.3 is 4.57 Å². The number of hydrogen-bond acceptors (Lipinski definition) is 1. The van der Waals surface area contributed by atoms with Gasteiger partial charge in [-0.25, -0.2) is 0 Å². The lowest BCUT2D eigenvalue weighted by Crippen LogP contribution is -2.32. The van der Waals surface area contributed by atoms with Gasteiger partial charge in [0.05, 0.1) is 22.1 Å². The highest BCUT2D eigenvalue weighted by Gasteiger charge is 2.23. The van der Waals surface area contributed by atoms with Crippen LogP contribution >= 0.6 is 11.3 Å². The van der Waals surface area contributed by atoms with Crippen LogP contribution in [0.25, 0.3) is 59.7 Å². The van der Waals surface area contributed by atoms with Gasteiger partial charge in [0, 0.05) is 33.2 Å². The predicted octanol–water partition coefficient (Wildman–Crippen LogP) is 7.95. The summed E-state index contributed by atoms with van der Waals surface area (Å²) in [7, 11) is 2.19. The number of nitrogens with zero attached hydrogens (tertiary/aromatic N) is 2. The maximum atomic E-state index is 2.44. The monoisotopic (exact) mass is 455 g/mol. The molecule has 0 fully saturated rings. The van der Waals surface area contributed by atoms with Crippen LogP contribution in [0.1, 0.15) is 5.56 Å². The molecule has 0 bridgehead atoms. The first kappa shape index (κ1) is 19.5. The van der Waals surface area contributed by atoms with Crippen LogP contribution in [-0.2, 0) is 7.05 Å². The Morgan fingerprint density at radius 3 is 2.06 bits per heavy atom. The number of aryl methyl sites for hydroxylation is 2. The van der Waals surface area contributed by atoms with Crippen LogP contribution < -0.4 is 4.57 Å². The smallest absolute Gasteiger partial charge is 0.215 e. The van der Waals surface area contributed by atoms with E-state index < -0.39 is 0 Å². The van der Waals surface area contributed by atoms with E-state index in [1.54, 1.807) is 11.3 Å².